The van der Waals surface area contributed by atoms with Gasteiger partial charge >= 0.3 is 5.97 Å². The van der Waals surface area contributed by atoms with Crippen LogP contribution in [0.15, 0.2) is 0 Å². The Hall–Kier alpha value is -0.660. The number of carboxylic acid groups (broad SMARTS) is 1. The molecule has 0 aromatic carbocycles. The van der Waals surface area contributed by atoms with E-state index in [1.54, 1.807) is 0 Å². The molecule has 0 bridgehead atoms. The maximum absolute atomic E-state index is 11.7. The summed E-state index contributed by atoms with van der Waals surface area (Å²) < 4.78 is 25.9. The van der Waals surface area contributed by atoms with Crippen LogP contribution in [0.5, 0.6) is 0 Å². The molecule has 0 amide bonds. The normalized spacial score (nSPS) is 24.9. The summed E-state index contributed by atoms with van der Waals surface area (Å²) in [7, 11) is -1.92. The molecule has 1 rings (SSSR count). The van der Waals surface area contributed by atoms with Crippen molar-refractivity contribution >= 4 is 16.2 Å². The number of hydrogen-bond acceptors (Lipinski definition) is 3. The number of nitrogens with zero attached hydrogens (tertiary/aromatic N) is 2. The van der Waals surface area contributed by atoms with Gasteiger partial charge < -0.3 is 5.11 Å². The summed E-state index contributed by atoms with van der Waals surface area (Å²) in [6, 6.07) is 0. The molecule has 1 saturated heterocycles. The Balaban J connectivity index is 2.73. The molecule has 1 heterocycles. The lowest BCUT2D eigenvalue weighted by Crippen LogP contribution is -2.49. The maximum atomic E-state index is 11.7. The minimum Gasteiger partial charge on any atom is -0.481 e. The Kier molecular flexibility index (Phi) is 3.69. The molecule has 7 heteroatoms. The van der Waals surface area contributed by atoms with Gasteiger partial charge in [0.15, 0.2) is 0 Å². The Morgan fingerprint density at radius 3 is 2.60 bits per heavy atom. The highest BCUT2D eigenvalue weighted by molar-refractivity contribution is 7.86. The molecular weight excluding hydrogens is 220 g/mol. The smallest absolute Gasteiger partial charge is 0.307 e. The van der Waals surface area contributed by atoms with E-state index in [0.29, 0.717) is 13.1 Å². The fraction of sp³-hybridized carbons (Fsp3) is 0.875. The first-order chi connectivity index (χ1) is 6.85. The molecule has 1 N–H and O–H groups in total. The van der Waals surface area contributed by atoms with Gasteiger partial charge in [0.25, 0.3) is 10.2 Å². The van der Waals surface area contributed by atoms with Crippen LogP contribution < -0.4 is 0 Å². The summed E-state index contributed by atoms with van der Waals surface area (Å²) in [6.07, 6.45) is 0.738. The summed E-state index contributed by atoms with van der Waals surface area (Å²) in [5.41, 5.74) is 0. The van der Waals surface area contributed by atoms with Crippen LogP contribution in [-0.4, -0.2) is 54.8 Å². The molecular formula is C8H16N2O4S. The van der Waals surface area contributed by atoms with Crippen molar-refractivity contribution in [2.75, 3.05) is 26.7 Å². The van der Waals surface area contributed by atoms with Crippen LogP contribution in [0.3, 0.4) is 0 Å². The van der Waals surface area contributed by atoms with E-state index in [0.717, 1.165) is 6.42 Å². The highest BCUT2D eigenvalue weighted by Crippen LogP contribution is 2.15. The molecule has 6 nitrogen and oxygen atoms in total. The molecule has 0 saturated carbocycles. The van der Waals surface area contributed by atoms with E-state index in [1.165, 1.54) is 22.6 Å². The first-order valence-electron chi connectivity index (χ1n) is 4.80. The van der Waals surface area contributed by atoms with Crippen molar-refractivity contribution in [1.29, 1.82) is 0 Å². The minimum atomic E-state index is -3.43. The number of carboxylic acids is 1. The van der Waals surface area contributed by atoms with E-state index in [1.807, 2.05) is 0 Å². The van der Waals surface area contributed by atoms with Crippen molar-refractivity contribution in [1.82, 2.24) is 8.61 Å². The molecule has 88 valence electrons. The van der Waals surface area contributed by atoms with Crippen LogP contribution in [0, 0.1) is 5.92 Å². The zero-order valence-electron chi connectivity index (χ0n) is 8.88. The first-order valence-corrected chi connectivity index (χ1v) is 6.19. The summed E-state index contributed by atoms with van der Waals surface area (Å²) >= 11 is 0. The molecule has 1 unspecified atom stereocenters. The molecule has 0 spiro atoms. The SMILES string of the molecule is CC(CN1CCCN(C)S1(=O)=O)C(=O)O. The zero-order valence-corrected chi connectivity index (χ0v) is 9.70. The largest absolute Gasteiger partial charge is 0.481 e. The third-order valence-corrected chi connectivity index (χ3v) is 4.45. The Bertz CT molecular complexity index is 341. The van der Waals surface area contributed by atoms with Crippen molar-refractivity contribution in [3.8, 4) is 0 Å². The van der Waals surface area contributed by atoms with Crippen LogP contribution in [-0.2, 0) is 15.0 Å². The highest BCUT2D eigenvalue weighted by atomic mass is 32.2. The minimum absolute atomic E-state index is 0.0437. The Morgan fingerprint density at radius 1 is 1.47 bits per heavy atom. The second kappa shape index (κ2) is 4.46. The number of hydrogen-bond donors (Lipinski definition) is 1. The second-order valence-electron chi connectivity index (χ2n) is 3.78. The second-order valence-corrected chi connectivity index (χ2v) is 5.82. The van der Waals surface area contributed by atoms with E-state index in [9.17, 15) is 13.2 Å². The average Bonchev–Trinajstić information content (AvgIpc) is 2.13. The number of carbonyl (C=O) groups is 1. The van der Waals surface area contributed by atoms with Gasteiger partial charge in [-0.2, -0.15) is 17.0 Å². The quantitative estimate of drug-likeness (QED) is 0.722. The highest BCUT2D eigenvalue weighted by Gasteiger charge is 2.32. The van der Waals surface area contributed by atoms with Gasteiger partial charge in [0.1, 0.15) is 0 Å². The van der Waals surface area contributed by atoms with Crippen molar-refractivity contribution in [2.45, 2.75) is 13.3 Å². The monoisotopic (exact) mass is 236 g/mol. The maximum Gasteiger partial charge on any atom is 0.307 e. The first kappa shape index (κ1) is 12.4. The van der Waals surface area contributed by atoms with Crippen molar-refractivity contribution in [3.05, 3.63) is 0 Å². The van der Waals surface area contributed by atoms with Crippen LogP contribution >= 0.6 is 0 Å². The van der Waals surface area contributed by atoms with Gasteiger partial charge in [-0.1, -0.05) is 6.92 Å². The molecule has 0 aliphatic carbocycles. The van der Waals surface area contributed by atoms with Gasteiger partial charge in [-0.15, -0.1) is 0 Å². The molecule has 0 aromatic heterocycles. The lowest BCUT2D eigenvalue weighted by atomic mass is 10.2. The molecule has 15 heavy (non-hydrogen) atoms. The zero-order chi connectivity index (χ0) is 11.6. The van der Waals surface area contributed by atoms with Gasteiger partial charge in [-0.3, -0.25) is 4.79 Å². The summed E-state index contributed by atoms with van der Waals surface area (Å²) in [5, 5.41) is 8.71. The van der Waals surface area contributed by atoms with Gasteiger partial charge in [0.2, 0.25) is 0 Å². The molecule has 0 radical (unpaired) electrons. The Morgan fingerprint density at radius 2 is 2.07 bits per heavy atom. The van der Waals surface area contributed by atoms with E-state index in [2.05, 4.69) is 0 Å². The van der Waals surface area contributed by atoms with Crippen molar-refractivity contribution < 1.29 is 18.3 Å². The third-order valence-electron chi connectivity index (χ3n) is 2.50. The van der Waals surface area contributed by atoms with Gasteiger partial charge in [-0.05, 0) is 6.42 Å². The predicted octanol–water partition coefficient (Wildman–Crippen LogP) is -0.411. The number of rotatable bonds is 3. The van der Waals surface area contributed by atoms with E-state index in [4.69, 9.17) is 5.11 Å². The topological polar surface area (TPSA) is 77.9 Å². The third kappa shape index (κ3) is 2.67. The fourth-order valence-electron chi connectivity index (χ4n) is 1.47. The van der Waals surface area contributed by atoms with Gasteiger partial charge in [0.05, 0.1) is 5.92 Å². The fourth-order valence-corrected chi connectivity index (χ4v) is 2.99. The molecule has 1 aliphatic rings. The van der Waals surface area contributed by atoms with E-state index in [-0.39, 0.29) is 6.54 Å². The lowest BCUT2D eigenvalue weighted by Gasteiger charge is -2.33. The van der Waals surface area contributed by atoms with Crippen LogP contribution in [0.1, 0.15) is 13.3 Å². The number of aliphatic carboxylic acids is 1. The lowest BCUT2D eigenvalue weighted by molar-refractivity contribution is -0.141. The van der Waals surface area contributed by atoms with Gasteiger partial charge in [-0.25, -0.2) is 0 Å². The standard InChI is InChI=1S/C8H16N2O4S/c1-7(8(11)12)6-10-5-3-4-9(2)15(10,13)14/h7H,3-6H2,1-2H3,(H,11,12). The van der Waals surface area contributed by atoms with Crippen LogP contribution in [0.25, 0.3) is 0 Å². The van der Waals surface area contributed by atoms with E-state index < -0.39 is 22.1 Å². The summed E-state index contributed by atoms with van der Waals surface area (Å²) in [6.45, 7) is 2.46. The predicted molar refractivity (Wildman–Crippen MR) is 54.5 cm³/mol. The summed E-state index contributed by atoms with van der Waals surface area (Å²) in [4.78, 5) is 10.6. The molecule has 1 atom stereocenters. The van der Waals surface area contributed by atoms with Gasteiger partial charge in [0, 0.05) is 26.7 Å². The molecule has 1 fully saturated rings. The molecule has 0 aromatic rings. The van der Waals surface area contributed by atoms with E-state index >= 15 is 0 Å². The van der Waals surface area contributed by atoms with Crippen molar-refractivity contribution in [2.24, 2.45) is 5.92 Å². The Labute approximate surface area is 89.7 Å². The van der Waals surface area contributed by atoms with Crippen LogP contribution in [0.2, 0.25) is 0 Å². The summed E-state index contributed by atoms with van der Waals surface area (Å²) in [5.74, 6) is -1.65. The average molecular weight is 236 g/mol. The van der Waals surface area contributed by atoms with Crippen molar-refractivity contribution in [3.63, 3.8) is 0 Å². The van der Waals surface area contributed by atoms with Crippen LogP contribution in [0.4, 0.5) is 0 Å². The molecule has 1 aliphatic heterocycles.